The van der Waals surface area contributed by atoms with Gasteiger partial charge in [0.15, 0.2) is 0 Å². The maximum absolute atomic E-state index is 6.04. The van der Waals surface area contributed by atoms with Gasteiger partial charge in [0.05, 0.1) is 12.1 Å². The molecule has 1 aromatic carbocycles. The lowest BCUT2D eigenvalue weighted by molar-refractivity contribution is 0.414. The molecule has 1 atom stereocenters. The first kappa shape index (κ1) is 12.3. The Labute approximate surface area is 95.6 Å². The van der Waals surface area contributed by atoms with E-state index in [2.05, 4.69) is 5.32 Å². The van der Waals surface area contributed by atoms with Crippen LogP contribution < -0.4 is 15.8 Å². The topological polar surface area (TPSA) is 47.3 Å². The van der Waals surface area contributed by atoms with E-state index >= 15 is 0 Å². The zero-order chi connectivity index (χ0) is 11.3. The van der Waals surface area contributed by atoms with E-state index in [1.165, 1.54) is 0 Å². The molecule has 0 saturated heterocycles. The highest BCUT2D eigenvalue weighted by atomic mass is 35.5. The third-order valence-corrected chi connectivity index (χ3v) is 2.56. The van der Waals surface area contributed by atoms with Gasteiger partial charge in [-0.3, -0.25) is 0 Å². The number of likely N-dealkylation sites (N-methyl/N-ethyl adjacent to an activating group) is 1. The predicted octanol–water partition coefficient (Wildman–Crippen LogP) is 1.96. The molecule has 1 unspecified atom stereocenters. The second-order valence-electron chi connectivity index (χ2n) is 3.24. The molecule has 0 saturated carbocycles. The minimum atomic E-state index is 0.151. The van der Waals surface area contributed by atoms with E-state index in [0.717, 1.165) is 12.1 Å². The number of methoxy groups -OCH3 is 1. The van der Waals surface area contributed by atoms with Crippen molar-refractivity contribution in [2.75, 3.05) is 20.2 Å². The Kier molecular flexibility index (Phi) is 4.88. The molecule has 0 radical (unpaired) electrons. The number of benzene rings is 1. The molecule has 0 spiro atoms. The normalized spacial score (nSPS) is 12.5. The van der Waals surface area contributed by atoms with Gasteiger partial charge in [0, 0.05) is 12.6 Å². The molecule has 0 amide bonds. The number of halogens is 1. The van der Waals surface area contributed by atoms with Crippen molar-refractivity contribution in [2.45, 2.75) is 13.0 Å². The van der Waals surface area contributed by atoms with Crippen molar-refractivity contribution in [3.8, 4) is 5.75 Å². The Morgan fingerprint density at radius 2 is 2.27 bits per heavy atom. The summed E-state index contributed by atoms with van der Waals surface area (Å²) in [6.45, 7) is 3.48. The van der Waals surface area contributed by atoms with Crippen LogP contribution in [0.1, 0.15) is 18.5 Å². The van der Waals surface area contributed by atoms with Crippen LogP contribution in [0.3, 0.4) is 0 Å². The standard InChI is InChI=1S/C11H17ClN2O/c1-3-14-10(7-13)8-4-5-11(15-2)9(12)6-8/h4-6,10,14H,3,7,13H2,1-2H3. The van der Waals surface area contributed by atoms with E-state index in [1.807, 2.05) is 25.1 Å². The minimum Gasteiger partial charge on any atom is -0.495 e. The first-order valence-electron chi connectivity index (χ1n) is 4.99. The van der Waals surface area contributed by atoms with E-state index in [4.69, 9.17) is 22.1 Å². The number of hydrogen-bond acceptors (Lipinski definition) is 3. The first-order chi connectivity index (χ1) is 7.22. The third kappa shape index (κ3) is 3.09. The van der Waals surface area contributed by atoms with Gasteiger partial charge < -0.3 is 15.8 Å². The molecule has 4 heteroatoms. The highest BCUT2D eigenvalue weighted by Crippen LogP contribution is 2.27. The largest absolute Gasteiger partial charge is 0.495 e. The van der Waals surface area contributed by atoms with Crippen LogP contribution in [0, 0.1) is 0 Å². The first-order valence-corrected chi connectivity index (χ1v) is 5.37. The van der Waals surface area contributed by atoms with E-state index in [0.29, 0.717) is 17.3 Å². The second kappa shape index (κ2) is 5.95. The van der Waals surface area contributed by atoms with Crippen LogP contribution in [0.25, 0.3) is 0 Å². The Hall–Kier alpha value is -0.770. The van der Waals surface area contributed by atoms with E-state index in [1.54, 1.807) is 7.11 Å². The Bertz CT molecular complexity index is 317. The van der Waals surface area contributed by atoms with Gasteiger partial charge in [-0.15, -0.1) is 0 Å². The number of rotatable bonds is 5. The Balaban J connectivity index is 2.89. The molecule has 0 aliphatic heterocycles. The van der Waals surface area contributed by atoms with Gasteiger partial charge in [-0.2, -0.15) is 0 Å². The van der Waals surface area contributed by atoms with Crippen LogP contribution in [-0.4, -0.2) is 20.2 Å². The molecule has 1 rings (SSSR count). The van der Waals surface area contributed by atoms with Gasteiger partial charge in [0.25, 0.3) is 0 Å². The van der Waals surface area contributed by atoms with Crippen molar-refractivity contribution >= 4 is 11.6 Å². The number of ether oxygens (including phenoxy) is 1. The van der Waals surface area contributed by atoms with Crippen LogP contribution in [-0.2, 0) is 0 Å². The summed E-state index contributed by atoms with van der Waals surface area (Å²) in [5.74, 6) is 0.688. The molecule has 0 aromatic heterocycles. The maximum Gasteiger partial charge on any atom is 0.137 e. The summed E-state index contributed by atoms with van der Waals surface area (Å²) in [7, 11) is 1.60. The average Bonchev–Trinajstić information content (AvgIpc) is 2.25. The molecule has 0 heterocycles. The maximum atomic E-state index is 6.04. The van der Waals surface area contributed by atoms with E-state index in [9.17, 15) is 0 Å². The highest BCUT2D eigenvalue weighted by Gasteiger charge is 2.10. The molecule has 84 valence electrons. The van der Waals surface area contributed by atoms with Crippen molar-refractivity contribution < 1.29 is 4.74 Å². The fraction of sp³-hybridized carbons (Fsp3) is 0.455. The Morgan fingerprint density at radius 3 is 2.73 bits per heavy atom. The molecular formula is C11H17ClN2O. The lowest BCUT2D eigenvalue weighted by Gasteiger charge is -2.16. The molecule has 3 N–H and O–H groups in total. The number of hydrogen-bond donors (Lipinski definition) is 2. The van der Waals surface area contributed by atoms with Crippen LogP contribution in [0.5, 0.6) is 5.75 Å². The number of nitrogens with two attached hydrogens (primary N) is 1. The fourth-order valence-corrected chi connectivity index (χ4v) is 1.75. The summed E-state index contributed by atoms with van der Waals surface area (Å²) in [6, 6.07) is 5.88. The molecule has 0 aliphatic rings. The third-order valence-electron chi connectivity index (χ3n) is 2.26. The van der Waals surface area contributed by atoms with Crippen molar-refractivity contribution in [3.05, 3.63) is 28.8 Å². The summed E-state index contributed by atoms with van der Waals surface area (Å²) in [6.07, 6.45) is 0. The zero-order valence-corrected chi connectivity index (χ0v) is 9.84. The lowest BCUT2D eigenvalue weighted by atomic mass is 10.1. The second-order valence-corrected chi connectivity index (χ2v) is 3.65. The van der Waals surface area contributed by atoms with Crippen LogP contribution in [0.2, 0.25) is 5.02 Å². The van der Waals surface area contributed by atoms with Gasteiger partial charge in [0.1, 0.15) is 5.75 Å². The molecule has 1 aromatic rings. The zero-order valence-electron chi connectivity index (χ0n) is 9.09. The van der Waals surface area contributed by atoms with Gasteiger partial charge in [-0.1, -0.05) is 24.6 Å². The molecular weight excluding hydrogens is 212 g/mol. The molecule has 0 aliphatic carbocycles. The van der Waals surface area contributed by atoms with Crippen molar-refractivity contribution in [1.82, 2.24) is 5.32 Å². The smallest absolute Gasteiger partial charge is 0.137 e. The van der Waals surface area contributed by atoms with Crippen LogP contribution >= 0.6 is 11.6 Å². The minimum absolute atomic E-state index is 0.151. The molecule has 15 heavy (non-hydrogen) atoms. The van der Waals surface area contributed by atoms with Crippen LogP contribution in [0.4, 0.5) is 0 Å². The Morgan fingerprint density at radius 1 is 1.53 bits per heavy atom. The predicted molar refractivity (Wildman–Crippen MR) is 63.5 cm³/mol. The van der Waals surface area contributed by atoms with Crippen molar-refractivity contribution in [3.63, 3.8) is 0 Å². The number of nitrogens with one attached hydrogen (secondary N) is 1. The van der Waals surface area contributed by atoms with Gasteiger partial charge >= 0.3 is 0 Å². The van der Waals surface area contributed by atoms with Crippen molar-refractivity contribution in [2.24, 2.45) is 5.73 Å². The van der Waals surface area contributed by atoms with E-state index in [-0.39, 0.29) is 6.04 Å². The van der Waals surface area contributed by atoms with Crippen LogP contribution in [0.15, 0.2) is 18.2 Å². The lowest BCUT2D eigenvalue weighted by Crippen LogP contribution is -2.27. The quantitative estimate of drug-likeness (QED) is 0.810. The van der Waals surface area contributed by atoms with E-state index < -0.39 is 0 Å². The van der Waals surface area contributed by atoms with Gasteiger partial charge in [-0.25, -0.2) is 0 Å². The fourth-order valence-electron chi connectivity index (χ4n) is 1.48. The van der Waals surface area contributed by atoms with Crippen molar-refractivity contribution in [1.29, 1.82) is 0 Å². The summed E-state index contributed by atoms with van der Waals surface area (Å²) in [5, 5.41) is 3.91. The highest BCUT2D eigenvalue weighted by molar-refractivity contribution is 6.32. The average molecular weight is 229 g/mol. The van der Waals surface area contributed by atoms with Gasteiger partial charge in [-0.05, 0) is 24.2 Å². The summed E-state index contributed by atoms with van der Waals surface area (Å²) < 4.78 is 5.09. The SMILES string of the molecule is CCNC(CN)c1ccc(OC)c(Cl)c1. The molecule has 0 bridgehead atoms. The summed E-state index contributed by atoms with van der Waals surface area (Å²) >= 11 is 6.04. The molecule has 0 fully saturated rings. The summed E-state index contributed by atoms with van der Waals surface area (Å²) in [5.41, 5.74) is 6.76. The molecule has 3 nitrogen and oxygen atoms in total. The monoisotopic (exact) mass is 228 g/mol. The van der Waals surface area contributed by atoms with Gasteiger partial charge in [0.2, 0.25) is 0 Å². The summed E-state index contributed by atoms with van der Waals surface area (Å²) in [4.78, 5) is 0.